The fraction of sp³-hybridized carbons (Fsp3) is 0.160. The van der Waals surface area contributed by atoms with Crippen LogP contribution < -0.4 is 15.9 Å². The maximum atomic E-state index is 14.5. The maximum absolute atomic E-state index is 14.5. The molecule has 0 aliphatic heterocycles. The second-order valence-electron chi connectivity index (χ2n) is 7.59. The molecule has 1 aliphatic carbocycles. The van der Waals surface area contributed by atoms with Crippen LogP contribution in [0, 0.1) is 11.3 Å². The lowest BCUT2D eigenvalue weighted by atomic mass is 10.2. The molecule has 0 radical (unpaired) electrons. The van der Waals surface area contributed by atoms with E-state index >= 15 is 0 Å². The van der Waals surface area contributed by atoms with Crippen LogP contribution in [0.5, 0.6) is 0 Å². The van der Waals surface area contributed by atoms with Gasteiger partial charge in [-0.05, 0) is 25.0 Å². The Labute approximate surface area is 186 Å². The number of anilines is 1. The van der Waals surface area contributed by atoms with Crippen LogP contribution >= 0.6 is 7.14 Å². The van der Waals surface area contributed by atoms with Gasteiger partial charge in [-0.15, -0.1) is 0 Å². The summed E-state index contributed by atoms with van der Waals surface area (Å²) in [7, 11) is -3.36. The van der Waals surface area contributed by atoms with Gasteiger partial charge in [-0.3, -0.25) is 9.59 Å². The van der Waals surface area contributed by atoms with E-state index in [1.165, 1.54) is 0 Å². The number of esters is 1. The summed E-state index contributed by atoms with van der Waals surface area (Å²) in [5, 5.41) is 11.7. The van der Waals surface area contributed by atoms with Gasteiger partial charge < -0.3 is 14.6 Å². The number of nitrogens with zero attached hydrogens (tertiary/aromatic N) is 1. The van der Waals surface area contributed by atoms with E-state index in [4.69, 9.17) is 10.00 Å². The molecule has 7 heteroatoms. The number of carbonyl (C=O) groups is 2. The lowest BCUT2D eigenvalue weighted by Gasteiger charge is -2.27. The molecule has 6 nitrogen and oxygen atoms in total. The summed E-state index contributed by atoms with van der Waals surface area (Å²) in [6.07, 6.45) is 0.845. The van der Waals surface area contributed by atoms with Crippen LogP contribution in [-0.2, 0) is 18.9 Å². The first-order valence-corrected chi connectivity index (χ1v) is 11.9. The Hall–Kier alpha value is -3.68. The second-order valence-corrected chi connectivity index (χ2v) is 10.7. The number of nitrogens with one attached hydrogen (secondary N) is 1. The molecule has 1 amide bonds. The van der Waals surface area contributed by atoms with Crippen molar-refractivity contribution in [3.63, 3.8) is 0 Å². The number of nitriles is 1. The molecule has 1 fully saturated rings. The van der Waals surface area contributed by atoms with Crippen molar-refractivity contribution in [2.24, 2.45) is 0 Å². The molecule has 1 aliphatic rings. The van der Waals surface area contributed by atoms with E-state index in [-0.39, 0.29) is 0 Å². The predicted molar refractivity (Wildman–Crippen MR) is 122 cm³/mol. The summed E-state index contributed by atoms with van der Waals surface area (Å²) in [6.45, 7) is -0.524. The molecular formula is C25H21N2O4P. The Morgan fingerprint density at radius 3 is 1.97 bits per heavy atom. The zero-order chi connectivity index (χ0) is 22.6. The van der Waals surface area contributed by atoms with Gasteiger partial charge in [0.25, 0.3) is 5.91 Å². The van der Waals surface area contributed by atoms with Crippen LogP contribution in [0.15, 0.2) is 84.9 Å². The first-order valence-electron chi connectivity index (χ1n) is 10.2. The Morgan fingerprint density at radius 1 is 0.906 bits per heavy atom. The molecule has 0 bridgehead atoms. The Morgan fingerprint density at radius 2 is 1.44 bits per heavy atom. The molecule has 3 aromatic rings. The van der Waals surface area contributed by atoms with Crippen molar-refractivity contribution in [1.29, 1.82) is 5.26 Å². The third-order valence-electron chi connectivity index (χ3n) is 5.60. The van der Waals surface area contributed by atoms with Crippen molar-refractivity contribution in [3.8, 4) is 6.07 Å². The van der Waals surface area contributed by atoms with Crippen LogP contribution in [0.4, 0.5) is 5.69 Å². The van der Waals surface area contributed by atoms with Crippen molar-refractivity contribution in [3.05, 3.63) is 90.5 Å². The molecule has 0 heterocycles. The number of rotatable bonds is 7. The minimum Gasteiger partial charge on any atom is -0.455 e. The van der Waals surface area contributed by atoms with Crippen molar-refractivity contribution in [2.75, 3.05) is 11.9 Å². The average molecular weight is 444 g/mol. The maximum Gasteiger partial charge on any atom is 0.320 e. The predicted octanol–water partition coefficient (Wildman–Crippen LogP) is 3.59. The molecule has 1 N–H and O–H groups in total. The summed E-state index contributed by atoms with van der Waals surface area (Å²) < 4.78 is 19.9. The molecule has 0 spiro atoms. The van der Waals surface area contributed by atoms with Crippen molar-refractivity contribution in [1.82, 2.24) is 0 Å². The molecule has 0 saturated heterocycles. The normalized spacial score (nSPS) is 14.1. The SMILES string of the molecule is N#Cc1ccccc1NC(=O)COC(=O)C1(P(=O)(c2ccccc2)c2ccccc2)CC1. The van der Waals surface area contributed by atoms with E-state index in [0.717, 1.165) is 0 Å². The molecule has 4 rings (SSSR count). The highest BCUT2D eigenvalue weighted by Gasteiger charge is 2.65. The third-order valence-corrected chi connectivity index (χ3v) is 9.49. The number of carbonyl (C=O) groups excluding carboxylic acids is 2. The van der Waals surface area contributed by atoms with Gasteiger partial charge in [0.15, 0.2) is 13.7 Å². The Kier molecular flexibility index (Phi) is 5.94. The summed E-state index contributed by atoms with van der Waals surface area (Å²) in [4.78, 5) is 25.5. The minimum absolute atomic E-state index is 0.309. The lowest BCUT2D eigenvalue weighted by Crippen LogP contribution is -2.36. The highest BCUT2D eigenvalue weighted by Crippen LogP contribution is 2.68. The lowest BCUT2D eigenvalue weighted by molar-refractivity contribution is -0.147. The van der Waals surface area contributed by atoms with E-state index in [0.29, 0.717) is 34.7 Å². The molecule has 160 valence electrons. The number of benzene rings is 3. The van der Waals surface area contributed by atoms with Crippen LogP contribution in [0.3, 0.4) is 0 Å². The molecule has 0 aromatic heterocycles. The van der Waals surface area contributed by atoms with Crippen LogP contribution in [0.2, 0.25) is 0 Å². The number of hydrogen-bond donors (Lipinski definition) is 1. The van der Waals surface area contributed by atoms with Crippen LogP contribution in [0.1, 0.15) is 18.4 Å². The number of para-hydroxylation sites is 1. The fourth-order valence-corrected chi connectivity index (χ4v) is 7.36. The average Bonchev–Trinajstić information content (AvgIpc) is 3.66. The molecule has 32 heavy (non-hydrogen) atoms. The highest BCUT2D eigenvalue weighted by molar-refractivity contribution is 7.81. The van der Waals surface area contributed by atoms with Gasteiger partial charge >= 0.3 is 5.97 Å². The van der Waals surface area contributed by atoms with Gasteiger partial charge in [-0.25, -0.2) is 0 Å². The molecule has 0 unspecified atom stereocenters. The minimum atomic E-state index is -3.36. The van der Waals surface area contributed by atoms with E-state index in [2.05, 4.69) is 5.32 Å². The Bertz CT molecular complexity index is 1190. The van der Waals surface area contributed by atoms with E-state index in [1.54, 1.807) is 72.8 Å². The standard InChI is InChI=1S/C25H21N2O4P/c26-17-19-9-7-8-14-22(19)27-23(28)18-31-24(29)25(15-16-25)32(30,20-10-3-1-4-11-20)21-12-5-2-6-13-21/h1-14H,15-16,18H2,(H,27,28). The topological polar surface area (TPSA) is 96.3 Å². The van der Waals surface area contributed by atoms with Gasteiger partial charge in [-0.2, -0.15) is 5.26 Å². The zero-order valence-electron chi connectivity index (χ0n) is 17.2. The van der Waals surface area contributed by atoms with Crippen molar-refractivity contribution < 1.29 is 18.9 Å². The number of hydrogen-bond acceptors (Lipinski definition) is 5. The number of ether oxygens (including phenoxy) is 1. The summed E-state index contributed by atoms with van der Waals surface area (Å²) in [6, 6.07) is 26.5. The van der Waals surface area contributed by atoms with Gasteiger partial charge in [0.05, 0.1) is 11.3 Å². The van der Waals surface area contributed by atoms with Crippen LogP contribution in [0.25, 0.3) is 0 Å². The van der Waals surface area contributed by atoms with Gasteiger partial charge in [-0.1, -0.05) is 72.8 Å². The first-order chi connectivity index (χ1) is 15.5. The number of amides is 1. The van der Waals surface area contributed by atoms with Crippen LogP contribution in [-0.4, -0.2) is 23.6 Å². The molecular weight excluding hydrogens is 423 g/mol. The summed E-state index contributed by atoms with van der Waals surface area (Å²) >= 11 is 0. The largest absolute Gasteiger partial charge is 0.455 e. The highest BCUT2D eigenvalue weighted by atomic mass is 31.2. The smallest absolute Gasteiger partial charge is 0.320 e. The van der Waals surface area contributed by atoms with E-state index in [9.17, 15) is 14.2 Å². The summed E-state index contributed by atoms with van der Waals surface area (Å²) in [5.41, 5.74) is 0.653. The fourth-order valence-electron chi connectivity index (χ4n) is 3.83. The summed E-state index contributed by atoms with van der Waals surface area (Å²) in [5.74, 6) is -1.21. The van der Waals surface area contributed by atoms with Gasteiger partial charge in [0.1, 0.15) is 11.2 Å². The zero-order valence-corrected chi connectivity index (χ0v) is 18.1. The van der Waals surface area contributed by atoms with Gasteiger partial charge in [0, 0.05) is 10.6 Å². The molecule has 0 atom stereocenters. The monoisotopic (exact) mass is 444 g/mol. The van der Waals surface area contributed by atoms with Gasteiger partial charge in [0.2, 0.25) is 0 Å². The quantitative estimate of drug-likeness (QED) is 0.444. The first kappa shape index (κ1) is 21.5. The molecule has 1 saturated carbocycles. The van der Waals surface area contributed by atoms with Crippen molar-refractivity contribution in [2.45, 2.75) is 18.0 Å². The van der Waals surface area contributed by atoms with Crippen molar-refractivity contribution >= 4 is 35.3 Å². The third kappa shape index (κ3) is 3.84. The van der Waals surface area contributed by atoms with E-state index in [1.807, 2.05) is 18.2 Å². The molecule has 3 aromatic carbocycles. The second kappa shape index (κ2) is 8.82. The van der Waals surface area contributed by atoms with E-state index < -0.39 is 30.8 Å². The Balaban J connectivity index is 1.55.